The molecule has 12 heteroatoms. The molecule has 0 spiro atoms. The zero-order valence-electron chi connectivity index (χ0n) is 16.8. The van der Waals surface area contributed by atoms with Crippen LogP contribution in [0.4, 0.5) is 25.0 Å². The molecule has 1 aromatic carbocycles. The van der Waals surface area contributed by atoms with Crippen LogP contribution < -0.4 is 15.1 Å². The highest BCUT2D eigenvalue weighted by Gasteiger charge is 2.34. The Labute approximate surface area is 183 Å². The molecule has 1 aromatic rings. The SMILES string of the molecule is COC(=S)NC[C@H]1CN(c2cc(F)c(N3CCN(C(=O)CC#N)CC3)c(F)c2)C(=O)O1. The van der Waals surface area contributed by atoms with Crippen LogP contribution >= 0.6 is 12.2 Å². The first-order valence-electron chi connectivity index (χ1n) is 9.52. The summed E-state index contributed by atoms with van der Waals surface area (Å²) >= 11 is 4.86. The predicted octanol–water partition coefficient (Wildman–Crippen LogP) is 1.37. The van der Waals surface area contributed by atoms with E-state index in [-0.39, 0.29) is 68.1 Å². The van der Waals surface area contributed by atoms with Crippen molar-refractivity contribution in [3.63, 3.8) is 0 Å². The Hall–Kier alpha value is -3.20. The summed E-state index contributed by atoms with van der Waals surface area (Å²) in [5.41, 5.74) is -0.171. The lowest BCUT2D eigenvalue weighted by atomic mass is 10.2. The van der Waals surface area contributed by atoms with Gasteiger partial charge in [0.15, 0.2) is 11.6 Å². The third-order valence-corrected chi connectivity index (χ3v) is 5.34. The summed E-state index contributed by atoms with van der Waals surface area (Å²) in [5.74, 6) is -1.94. The Kier molecular flexibility index (Phi) is 7.06. The highest BCUT2D eigenvalue weighted by atomic mass is 32.1. The fourth-order valence-electron chi connectivity index (χ4n) is 3.48. The summed E-state index contributed by atoms with van der Waals surface area (Å²) in [6.45, 7) is 1.27. The molecule has 2 amide bonds. The van der Waals surface area contributed by atoms with Gasteiger partial charge in [0.25, 0.3) is 5.17 Å². The van der Waals surface area contributed by atoms with Crippen LogP contribution in [0.3, 0.4) is 0 Å². The van der Waals surface area contributed by atoms with Crippen LogP contribution in [0.5, 0.6) is 0 Å². The number of carbonyl (C=O) groups is 2. The first kappa shape index (κ1) is 22.5. The van der Waals surface area contributed by atoms with Gasteiger partial charge in [0.2, 0.25) is 5.91 Å². The number of cyclic esters (lactones) is 1. The molecular weight excluding hydrogens is 432 g/mol. The number of nitrogens with zero attached hydrogens (tertiary/aromatic N) is 4. The molecule has 166 valence electrons. The van der Waals surface area contributed by atoms with Crippen molar-refractivity contribution >= 4 is 40.8 Å². The van der Waals surface area contributed by atoms with Gasteiger partial charge in [0.05, 0.1) is 32.0 Å². The van der Waals surface area contributed by atoms with Crippen molar-refractivity contribution in [2.75, 3.05) is 56.2 Å². The minimum atomic E-state index is -0.818. The fourth-order valence-corrected chi connectivity index (χ4v) is 3.56. The Balaban J connectivity index is 1.67. The molecular formula is C19H21F2N5O4S. The summed E-state index contributed by atoms with van der Waals surface area (Å²) in [6.07, 6.45) is -1.51. The second-order valence-corrected chi connectivity index (χ2v) is 7.32. The molecule has 3 rings (SSSR count). The molecule has 2 aliphatic heterocycles. The summed E-state index contributed by atoms with van der Waals surface area (Å²) in [7, 11) is 1.40. The van der Waals surface area contributed by atoms with Crippen LogP contribution in [0.1, 0.15) is 6.42 Å². The zero-order chi connectivity index (χ0) is 22.5. The summed E-state index contributed by atoms with van der Waals surface area (Å²) in [6, 6.07) is 3.97. The lowest BCUT2D eigenvalue weighted by Crippen LogP contribution is -2.49. The van der Waals surface area contributed by atoms with Crippen LogP contribution in [-0.4, -0.2) is 74.6 Å². The van der Waals surface area contributed by atoms with E-state index in [1.54, 1.807) is 6.07 Å². The summed E-state index contributed by atoms with van der Waals surface area (Å²) < 4.78 is 39.6. The highest BCUT2D eigenvalue weighted by molar-refractivity contribution is 7.80. The number of halogens is 2. The van der Waals surface area contributed by atoms with E-state index in [0.717, 1.165) is 17.0 Å². The molecule has 0 aromatic heterocycles. The number of thiocarbonyl (C=S) groups is 1. The summed E-state index contributed by atoms with van der Waals surface area (Å²) in [4.78, 5) is 28.1. The molecule has 0 radical (unpaired) electrons. The Bertz CT molecular complexity index is 894. The normalized spacial score (nSPS) is 18.5. The van der Waals surface area contributed by atoms with E-state index < -0.39 is 23.8 Å². The van der Waals surface area contributed by atoms with E-state index in [0.29, 0.717) is 0 Å². The second kappa shape index (κ2) is 9.74. The van der Waals surface area contributed by atoms with E-state index in [9.17, 15) is 18.4 Å². The highest BCUT2D eigenvalue weighted by Crippen LogP contribution is 2.31. The number of ether oxygens (including phenoxy) is 2. The van der Waals surface area contributed by atoms with Gasteiger partial charge in [-0.1, -0.05) is 0 Å². The quantitative estimate of drug-likeness (QED) is 0.668. The van der Waals surface area contributed by atoms with Gasteiger partial charge in [-0.3, -0.25) is 9.69 Å². The molecule has 0 bridgehead atoms. The van der Waals surface area contributed by atoms with E-state index >= 15 is 0 Å². The average molecular weight is 453 g/mol. The molecule has 2 heterocycles. The van der Waals surface area contributed by atoms with E-state index in [2.05, 4.69) is 5.32 Å². The Morgan fingerprint density at radius 2 is 1.97 bits per heavy atom. The number of hydrogen-bond acceptors (Lipinski definition) is 7. The third kappa shape index (κ3) is 5.11. The number of amides is 2. The predicted molar refractivity (Wildman–Crippen MR) is 111 cm³/mol. The van der Waals surface area contributed by atoms with Crippen molar-refractivity contribution in [2.45, 2.75) is 12.5 Å². The molecule has 2 saturated heterocycles. The van der Waals surface area contributed by atoms with Gasteiger partial charge in [0, 0.05) is 38.3 Å². The van der Waals surface area contributed by atoms with Crippen LogP contribution in [0, 0.1) is 23.0 Å². The van der Waals surface area contributed by atoms with Gasteiger partial charge in [0.1, 0.15) is 18.2 Å². The fraction of sp³-hybridized carbons (Fsp3) is 0.474. The number of piperazine rings is 1. The van der Waals surface area contributed by atoms with Gasteiger partial charge < -0.3 is 24.6 Å². The maximum atomic E-state index is 14.8. The van der Waals surface area contributed by atoms with Crippen molar-refractivity contribution in [1.29, 1.82) is 5.26 Å². The van der Waals surface area contributed by atoms with Crippen LogP contribution in [0.2, 0.25) is 0 Å². The van der Waals surface area contributed by atoms with Gasteiger partial charge in [-0.25, -0.2) is 13.6 Å². The molecule has 2 aliphatic rings. The minimum absolute atomic E-state index is 0.0448. The number of nitrogens with one attached hydrogen (secondary N) is 1. The maximum Gasteiger partial charge on any atom is 0.414 e. The molecule has 0 saturated carbocycles. The van der Waals surface area contributed by atoms with E-state index in [4.69, 9.17) is 27.0 Å². The van der Waals surface area contributed by atoms with Gasteiger partial charge in [-0.2, -0.15) is 5.26 Å². The van der Waals surface area contributed by atoms with Crippen molar-refractivity contribution < 1.29 is 27.8 Å². The monoisotopic (exact) mass is 453 g/mol. The number of rotatable bonds is 5. The maximum absolute atomic E-state index is 14.8. The van der Waals surface area contributed by atoms with Gasteiger partial charge >= 0.3 is 6.09 Å². The first-order chi connectivity index (χ1) is 14.8. The lowest BCUT2D eigenvalue weighted by Gasteiger charge is -2.36. The van der Waals surface area contributed by atoms with E-state index in [1.807, 2.05) is 0 Å². The van der Waals surface area contributed by atoms with Crippen molar-refractivity contribution in [3.8, 4) is 6.07 Å². The van der Waals surface area contributed by atoms with E-state index in [1.165, 1.54) is 16.9 Å². The van der Waals surface area contributed by atoms with Gasteiger partial charge in [-0.05, 0) is 12.2 Å². The smallest absolute Gasteiger partial charge is 0.414 e. The largest absolute Gasteiger partial charge is 0.474 e. The lowest BCUT2D eigenvalue weighted by molar-refractivity contribution is -0.130. The molecule has 1 atom stereocenters. The number of anilines is 2. The molecule has 0 unspecified atom stereocenters. The Morgan fingerprint density at radius 1 is 1.32 bits per heavy atom. The van der Waals surface area contributed by atoms with Gasteiger partial charge in [-0.15, -0.1) is 0 Å². The molecule has 9 nitrogen and oxygen atoms in total. The second-order valence-electron chi connectivity index (χ2n) is 6.95. The average Bonchev–Trinajstić information content (AvgIpc) is 3.12. The molecule has 31 heavy (non-hydrogen) atoms. The number of methoxy groups -OCH3 is 1. The summed E-state index contributed by atoms with van der Waals surface area (Å²) in [5, 5.41) is 11.5. The number of nitriles is 1. The molecule has 1 N–H and O–H groups in total. The number of benzene rings is 1. The topological polar surface area (TPSA) is 98.1 Å². The van der Waals surface area contributed by atoms with Crippen molar-refractivity contribution in [3.05, 3.63) is 23.8 Å². The van der Waals surface area contributed by atoms with Crippen LogP contribution in [0.25, 0.3) is 0 Å². The molecule has 0 aliphatic carbocycles. The van der Waals surface area contributed by atoms with Crippen molar-refractivity contribution in [2.24, 2.45) is 0 Å². The first-order valence-corrected chi connectivity index (χ1v) is 9.93. The molecule has 2 fully saturated rings. The van der Waals surface area contributed by atoms with Crippen LogP contribution in [-0.2, 0) is 14.3 Å². The standard InChI is InChI=1S/C19H21F2N5O4S/c1-29-18(31)23-10-13-11-26(19(28)30-13)12-8-14(20)17(15(21)9-12)25-6-4-24(5-7-25)16(27)2-3-22/h8-9,13H,2,4-7,10-11H2,1H3,(H,23,31)/t13-/m0/s1. The zero-order valence-corrected chi connectivity index (χ0v) is 17.6. The van der Waals surface area contributed by atoms with Crippen molar-refractivity contribution in [1.82, 2.24) is 10.2 Å². The number of hydrogen-bond donors (Lipinski definition) is 1. The third-order valence-electron chi connectivity index (χ3n) is 5.03. The Morgan fingerprint density at radius 3 is 2.55 bits per heavy atom. The minimum Gasteiger partial charge on any atom is -0.474 e. The van der Waals surface area contributed by atoms with Crippen LogP contribution in [0.15, 0.2) is 12.1 Å². The number of carbonyl (C=O) groups excluding carboxylic acids is 2.